The molecule has 0 radical (unpaired) electrons. The lowest BCUT2D eigenvalue weighted by Crippen LogP contribution is -2.40. The number of aryl methyl sites for hydroxylation is 2. The molecule has 258 valence electrons. The minimum Gasteiger partial charge on any atom is -0.481 e. The molecule has 1 atom stereocenters. The Kier molecular flexibility index (Phi) is 8.93. The van der Waals surface area contributed by atoms with Gasteiger partial charge < -0.3 is 19.6 Å². The van der Waals surface area contributed by atoms with Crippen LogP contribution in [0.1, 0.15) is 105 Å². The van der Waals surface area contributed by atoms with Crippen molar-refractivity contribution in [2.45, 2.75) is 95.9 Å². The van der Waals surface area contributed by atoms with Gasteiger partial charge in [0.05, 0.1) is 6.04 Å². The minimum atomic E-state index is -0.708. The van der Waals surface area contributed by atoms with Crippen molar-refractivity contribution in [1.82, 2.24) is 0 Å². The zero-order chi connectivity index (χ0) is 34.2. The molecule has 3 aromatic rings. The maximum Gasteiger partial charge on any atom is 0.303 e. The summed E-state index contributed by atoms with van der Waals surface area (Å²) in [4.78, 5) is 16.2. The van der Waals surface area contributed by atoms with Gasteiger partial charge in [-0.25, -0.2) is 0 Å². The molecular formula is C45H50N2O3. The summed E-state index contributed by atoms with van der Waals surface area (Å²) in [6, 6.07) is 20.5. The predicted molar refractivity (Wildman–Crippen MR) is 206 cm³/mol. The number of carboxylic acid groups (broad SMARTS) is 1. The summed E-state index contributed by atoms with van der Waals surface area (Å²) in [6.45, 7) is 8.03. The third kappa shape index (κ3) is 6.32. The Bertz CT molecular complexity index is 1900. The van der Waals surface area contributed by atoms with E-state index in [4.69, 9.17) is 9.84 Å². The molecular weight excluding hydrogens is 617 g/mol. The number of hydrogen-bond acceptors (Lipinski definition) is 4. The van der Waals surface area contributed by atoms with Crippen LogP contribution in [0.4, 0.5) is 11.4 Å². The standard InChI is InChI=1S/C45H50N2O3/c1-45(2)38-15-5-6-16-39(38)47(26-7-3-4-17-42(48)49)41(45)23-22-33-11-8-12-37-30-34-21-20-31(29-40(34)50-44(33)37)18-19-32-27-35-13-9-24-46-25-10-14-36(28-32)43(35)46/h5-6,15-16,18-23,27-30,41H,3-4,7-14,17,24-26H2,1-2H3,(H,48,49)/b19-18+,23-22+. The summed E-state index contributed by atoms with van der Waals surface area (Å²) in [5.41, 5.74) is 13.4. The first-order valence-electron chi connectivity index (χ1n) is 19.0. The molecule has 0 saturated heterocycles. The Labute approximate surface area is 297 Å². The van der Waals surface area contributed by atoms with Gasteiger partial charge in [-0.05, 0) is 127 Å². The second kappa shape index (κ2) is 13.7. The molecule has 1 unspecified atom stereocenters. The normalized spacial score (nSPS) is 20.4. The van der Waals surface area contributed by atoms with Crippen LogP contribution in [0, 0.1) is 0 Å². The number of fused-ring (bicyclic) bond motifs is 3. The van der Waals surface area contributed by atoms with Crippen molar-refractivity contribution < 1.29 is 14.6 Å². The van der Waals surface area contributed by atoms with Gasteiger partial charge in [0.15, 0.2) is 0 Å². The number of hydrogen-bond donors (Lipinski definition) is 1. The number of benzene rings is 3. The number of para-hydroxylation sites is 1. The number of allylic oxidation sites excluding steroid dienone is 3. The van der Waals surface area contributed by atoms with Crippen LogP contribution in [0.3, 0.4) is 0 Å². The van der Waals surface area contributed by atoms with E-state index >= 15 is 0 Å². The molecule has 0 saturated carbocycles. The van der Waals surface area contributed by atoms with E-state index in [0.29, 0.717) is 0 Å². The number of ether oxygens (including phenoxy) is 1. The number of nitrogens with zero attached hydrogens (tertiary/aromatic N) is 2. The lowest BCUT2D eigenvalue weighted by molar-refractivity contribution is -0.137. The second-order valence-corrected chi connectivity index (χ2v) is 15.4. The van der Waals surface area contributed by atoms with Crippen molar-refractivity contribution in [3.63, 3.8) is 0 Å². The average Bonchev–Trinajstić information content (AvgIpc) is 3.33. The summed E-state index contributed by atoms with van der Waals surface area (Å²) >= 11 is 0. The van der Waals surface area contributed by atoms with Gasteiger partial charge >= 0.3 is 5.97 Å². The van der Waals surface area contributed by atoms with E-state index < -0.39 is 5.97 Å². The van der Waals surface area contributed by atoms with Gasteiger partial charge in [0.2, 0.25) is 0 Å². The van der Waals surface area contributed by atoms with E-state index in [1.807, 2.05) is 0 Å². The fourth-order valence-electron chi connectivity index (χ4n) is 9.12. The Morgan fingerprint density at radius 1 is 0.880 bits per heavy atom. The predicted octanol–water partition coefficient (Wildman–Crippen LogP) is 10.1. The van der Waals surface area contributed by atoms with Gasteiger partial charge in [-0.2, -0.15) is 0 Å². The summed E-state index contributed by atoms with van der Waals surface area (Å²) in [5.74, 6) is 1.26. The van der Waals surface area contributed by atoms with Gasteiger partial charge in [0.1, 0.15) is 11.5 Å². The van der Waals surface area contributed by atoms with E-state index in [-0.39, 0.29) is 17.9 Å². The van der Waals surface area contributed by atoms with E-state index in [1.165, 1.54) is 83.5 Å². The first-order chi connectivity index (χ1) is 24.3. The zero-order valence-electron chi connectivity index (χ0n) is 29.7. The van der Waals surface area contributed by atoms with Gasteiger partial charge in [-0.1, -0.05) is 74.9 Å². The van der Waals surface area contributed by atoms with Crippen LogP contribution in [0.15, 0.2) is 83.7 Å². The highest BCUT2D eigenvalue weighted by atomic mass is 16.5. The van der Waals surface area contributed by atoms with Crippen LogP contribution in [0.2, 0.25) is 0 Å². The third-order valence-electron chi connectivity index (χ3n) is 11.6. The summed E-state index contributed by atoms with van der Waals surface area (Å²) < 4.78 is 6.80. The Hall–Kier alpha value is -4.51. The molecule has 5 heteroatoms. The zero-order valence-corrected chi connectivity index (χ0v) is 29.7. The molecule has 5 nitrogen and oxygen atoms in total. The Morgan fingerprint density at radius 2 is 1.66 bits per heavy atom. The van der Waals surface area contributed by atoms with Crippen LogP contribution >= 0.6 is 0 Å². The molecule has 4 aliphatic heterocycles. The Morgan fingerprint density at radius 3 is 2.46 bits per heavy atom. The molecule has 1 N–H and O–H groups in total. The molecule has 0 bridgehead atoms. The van der Waals surface area contributed by atoms with Crippen molar-refractivity contribution >= 4 is 35.6 Å². The fraction of sp³-hybridized carbons (Fsp3) is 0.400. The highest BCUT2D eigenvalue weighted by Gasteiger charge is 2.42. The first-order valence-corrected chi connectivity index (χ1v) is 19.0. The summed E-state index contributed by atoms with van der Waals surface area (Å²) in [6.07, 6.45) is 22.5. The van der Waals surface area contributed by atoms with E-state index in [2.05, 4.69) is 109 Å². The number of carbonyl (C=O) groups is 1. The van der Waals surface area contributed by atoms with Gasteiger partial charge in [-0.3, -0.25) is 4.79 Å². The quantitative estimate of drug-likeness (QED) is 0.172. The smallest absolute Gasteiger partial charge is 0.303 e. The second-order valence-electron chi connectivity index (χ2n) is 15.4. The fourth-order valence-corrected chi connectivity index (χ4v) is 9.12. The van der Waals surface area contributed by atoms with Crippen molar-refractivity contribution in [2.75, 3.05) is 29.4 Å². The average molecular weight is 667 g/mol. The van der Waals surface area contributed by atoms with Crippen LogP contribution in [-0.2, 0) is 23.1 Å². The van der Waals surface area contributed by atoms with Crippen molar-refractivity contribution in [1.29, 1.82) is 0 Å². The molecule has 0 fully saturated rings. The lowest BCUT2D eigenvalue weighted by Gasteiger charge is -2.37. The van der Waals surface area contributed by atoms with Crippen LogP contribution < -0.4 is 14.5 Å². The molecule has 0 amide bonds. The van der Waals surface area contributed by atoms with Crippen molar-refractivity contribution in [3.8, 4) is 5.75 Å². The molecule has 4 heterocycles. The monoisotopic (exact) mass is 666 g/mol. The van der Waals surface area contributed by atoms with Crippen LogP contribution in [0.25, 0.3) is 18.2 Å². The number of unbranched alkanes of at least 4 members (excludes halogenated alkanes) is 2. The highest BCUT2D eigenvalue weighted by molar-refractivity contribution is 5.77. The number of aliphatic carboxylic acids is 1. The number of anilines is 2. The molecule has 0 aromatic heterocycles. The van der Waals surface area contributed by atoms with Crippen molar-refractivity contribution in [2.24, 2.45) is 0 Å². The SMILES string of the molecule is CC1(C)c2ccccc2N(CCCCCC(=O)O)C1/C=C/C1=C2Oc3cc(/C=C/c4cc5c6c(c4)CCCN6CCC5)ccc3C=C2CCC1. The first kappa shape index (κ1) is 32.7. The molecule has 0 spiro atoms. The van der Waals surface area contributed by atoms with Gasteiger partial charge in [0.25, 0.3) is 0 Å². The molecule has 3 aromatic carbocycles. The Balaban J connectivity index is 1.03. The summed E-state index contributed by atoms with van der Waals surface area (Å²) in [7, 11) is 0. The van der Waals surface area contributed by atoms with E-state index in [1.54, 1.807) is 0 Å². The van der Waals surface area contributed by atoms with Gasteiger partial charge in [-0.15, -0.1) is 0 Å². The topological polar surface area (TPSA) is 53.0 Å². The summed E-state index contributed by atoms with van der Waals surface area (Å²) in [5, 5.41) is 9.09. The maximum atomic E-state index is 11.1. The molecule has 8 rings (SSSR count). The largest absolute Gasteiger partial charge is 0.481 e. The minimum absolute atomic E-state index is 0.0524. The van der Waals surface area contributed by atoms with Crippen LogP contribution in [0.5, 0.6) is 5.75 Å². The highest BCUT2D eigenvalue weighted by Crippen LogP contribution is 2.47. The lowest BCUT2D eigenvalue weighted by atomic mass is 9.80. The number of carboxylic acids is 1. The van der Waals surface area contributed by atoms with Crippen LogP contribution in [-0.4, -0.2) is 36.8 Å². The van der Waals surface area contributed by atoms with Crippen molar-refractivity contribution in [3.05, 3.63) is 117 Å². The third-order valence-corrected chi connectivity index (χ3v) is 11.6. The molecule has 50 heavy (non-hydrogen) atoms. The molecule has 1 aliphatic carbocycles. The molecule has 5 aliphatic rings. The van der Waals surface area contributed by atoms with E-state index in [9.17, 15) is 4.79 Å². The number of rotatable bonds is 10. The maximum absolute atomic E-state index is 11.1. The van der Waals surface area contributed by atoms with E-state index in [0.717, 1.165) is 67.7 Å². The van der Waals surface area contributed by atoms with Gasteiger partial charge in [0, 0.05) is 48.4 Å².